The van der Waals surface area contributed by atoms with Crippen LogP contribution in [-0.4, -0.2) is 49.4 Å². The van der Waals surface area contributed by atoms with E-state index in [2.05, 4.69) is 26.1 Å². The highest BCUT2D eigenvalue weighted by atomic mass is 32.1. The van der Waals surface area contributed by atoms with E-state index < -0.39 is 12.1 Å². The van der Waals surface area contributed by atoms with Gasteiger partial charge in [0.1, 0.15) is 11.0 Å². The molecule has 45 heavy (non-hydrogen) atoms. The van der Waals surface area contributed by atoms with Gasteiger partial charge in [-0.25, -0.2) is 0 Å². The van der Waals surface area contributed by atoms with Crippen LogP contribution in [0.25, 0.3) is 11.1 Å². The van der Waals surface area contributed by atoms with Gasteiger partial charge in [-0.15, -0.1) is 10.2 Å². The Morgan fingerprint density at radius 2 is 1.80 bits per heavy atom. The summed E-state index contributed by atoms with van der Waals surface area (Å²) in [5.41, 5.74) is 3.01. The first-order valence-corrected chi connectivity index (χ1v) is 16.2. The maximum Gasteiger partial charge on any atom is 0.248 e. The van der Waals surface area contributed by atoms with Crippen molar-refractivity contribution in [2.45, 2.75) is 77.3 Å². The molecule has 0 bridgehead atoms. The van der Waals surface area contributed by atoms with Crippen LogP contribution in [0.15, 0.2) is 29.1 Å². The van der Waals surface area contributed by atoms with Gasteiger partial charge in [0.05, 0.1) is 33.1 Å². The number of hydrogen-bond donors (Lipinski definition) is 3. The Morgan fingerprint density at radius 1 is 1.04 bits per heavy atom. The molecule has 0 unspecified atom stereocenters. The predicted octanol–water partition coefficient (Wildman–Crippen LogP) is 5.45. The molecule has 3 atom stereocenters. The molecule has 2 aliphatic rings. The predicted molar refractivity (Wildman–Crippen MR) is 175 cm³/mol. The summed E-state index contributed by atoms with van der Waals surface area (Å²) in [6.07, 6.45) is 5.23. The van der Waals surface area contributed by atoms with Crippen molar-refractivity contribution in [3.8, 4) is 28.4 Å². The van der Waals surface area contributed by atoms with E-state index in [0.717, 1.165) is 29.0 Å². The van der Waals surface area contributed by atoms with Crippen LogP contribution in [0, 0.1) is 5.92 Å². The van der Waals surface area contributed by atoms with E-state index in [1.54, 1.807) is 33.5 Å². The SMILES string of the molecule is CC[C@@H](C)[C@H](Nc1ccc2c(cc1=O)[C@@H](NC(C)=O)CCc1cc(OC)c(OC)c(OC)c1-2)C(=O)Nc1nnc(C2CCC2)s1. The minimum Gasteiger partial charge on any atom is -0.493 e. The quantitative estimate of drug-likeness (QED) is 0.251. The van der Waals surface area contributed by atoms with Crippen LogP contribution in [0.3, 0.4) is 0 Å². The van der Waals surface area contributed by atoms with Crippen molar-refractivity contribution in [2.24, 2.45) is 5.92 Å². The largest absolute Gasteiger partial charge is 0.493 e. The Labute approximate surface area is 267 Å². The van der Waals surface area contributed by atoms with Gasteiger partial charge in [-0.05, 0) is 66.5 Å². The molecule has 0 saturated heterocycles. The highest BCUT2D eigenvalue weighted by molar-refractivity contribution is 7.15. The molecule has 1 fully saturated rings. The molecule has 0 spiro atoms. The topological polar surface area (TPSA) is 141 Å². The lowest BCUT2D eigenvalue weighted by atomic mass is 9.86. The molecule has 2 aliphatic carbocycles. The number of aryl methyl sites for hydroxylation is 1. The third kappa shape index (κ3) is 6.61. The number of amides is 2. The maximum atomic E-state index is 13.9. The number of hydrogen-bond acceptors (Lipinski definition) is 10. The molecular formula is C33H41N5O6S. The summed E-state index contributed by atoms with van der Waals surface area (Å²) in [6.45, 7) is 5.43. The molecule has 1 saturated carbocycles. The van der Waals surface area contributed by atoms with Gasteiger partial charge in [0.15, 0.2) is 11.5 Å². The van der Waals surface area contributed by atoms with Gasteiger partial charge in [-0.1, -0.05) is 44.1 Å². The van der Waals surface area contributed by atoms with Crippen LogP contribution < -0.4 is 35.6 Å². The summed E-state index contributed by atoms with van der Waals surface area (Å²) in [7, 11) is 4.67. The van der Waals surface area contributed by atoms with Crippen molar-refractivity contribution in [1.82, 2.24) is 15.5 Å². The molecule has 1 heterocycles. The summed E-state index contributed by atoms with van der Waals surface area (Å²) >= 11 is 1.41. The molecule has 1 aromatic heterocycles. The van der Waals surface area contributed by atoms with Crippen molar-refractivity contribution >= 4 is 34.0 Å². The van der Waals surface area contributed by atoms with Crippen molar-refractivity contribution in [2.75, 3.05) is 32.0 Å². The molecule has 3 N–H and O–H groups in total. The van der Waals surface area contributed by atoms with Gasteiger partial charge in [0.25, 0.3) is 0 Å². The summed E-state index contributed by atoms with van der Waals surface area (Å²) < 4.78 is 17.2. The molecule has 0 aliphatic heterocycles. The van der Waals surface area contributed by atoms with Gasteiger partial charge in [0, 0.05) is 18.4 Å². The lowest BCUT2D eigenvalue weighted by Crippen LogP contribution is -2.40. The number of carbonyl (C=O) groups excluding carboxylic acids is 2. The number of benzene rings is 1. The molecule has 3 aromatic rings. The van der Waals surface area contributed by atoms with Gasteiger partial charge >= 0.3 is 0 Å². The fraction of sp³-hybridized carbons (Fsp3) is 0.485. The van der Waals surface area contributed by atoms with E-state index >= 15 is 0 Å². The lowest BCUT2D eigenvalue weighted by molar-refractivity contribution is -0.120. The van der Waals surface area contributed by atoms with Crippen LogP contribution in [0.4, 0.5) is 10.8 Å². The van der Waals surface area contributed by atoms with Crippen LogP contribution in [-0.2, 0) is 16.0 Å². The van der Waals surface area contributed by atoms with Crippen molar-refractivity contribution in [1.29, 1.82) is 0 Å². The average Bonchev–Trinajstić information content (AvgIpc) is 3.31. The molecule has 240 valence electrons. The normalized spacial score (nSPS) is 17.0. The Bertz CT molecular complexity index is 1640. The fourth-order valence-electron chi connectivity index (χ4n) is 5.98. The van der Waals surface area contributed by atoms with E-state index in [9.17, 15) is 14.4 Å². The molecule has 11 nitrogen and oxygen atoms in total. The number of anilines is 2. The lowest BCUT2D eigenvalue weighted by Gasteiger charge is -2.23. The highest BCUT2D eigenvalue weighted by Gasteiger charge is 2.31. The van der Waals surface area contributed by atoms with Crippen LogP contribution in [0.5, 0.6) is 17.2 Å². The average molecular weight is 636 g/mol. The van der Waals surface area contributed by atoms with Crippen molar-refractivity contribution in [3.05, 3.63) is 50.6 Å². The van der Waals surface area contributed by atoms with Crippen LogP contribution >= 0.6 is 11.3 Å². The van der Waals surface area contributed by atoms with Crippen LogP contribution in [0.2, 0.25) is 0 Å². The minimum atomic E-state index is -0.710. The monoisotopic (exact) mass is 635 g/mol. The smallest absolute Gasteiger partial charge is 0.248 e. The second-order valence-corrected chi connectivity index (χ2v) is 12.7. The third-order valence-electron chi connectivity index (χ3n) is 8.85. The standard InChI is InChI=1S/C33H41N5O6S/c1-7-17(2)28(31(41)36-33-38-37-32(45-33)19-9-8-10-19)35-24-14-12-21-22(16-25(24)40)23(34-18(3)39)13-11-20-15-26(42-4)29(43-5)30(44-6)27(20)21/h12,14-17,19,23,28H,7-11,13H2,1-6H3,(H,34,39)(H,35,40)(H,36,38,41)/t17-,23+,28+/m1/s1. The number of carbonyl (C=O) groups is 2. The number of rotatable bonds is 11. The van der Waals surface area contributed by atoms with E-state index in [1.165, 1.54) is 24.7 Å². The zero-order valence-electron chi connectivity index (χ0n) is 26.6. The first-order chi connectivity index (χ1) is 21.7. The highest BCUT2D eigenvalue weighted by Crippen LogP contribution is 2.50. The number of fused-ring (bicyclic) bond motifs is 3. The van der Waals surface area contributed by atoms with Gasteiger partial charge in [0.2, 0.25) is 28.1 Å². The summed E-state index contributed by atoms with van der Waals surface area (Å²) in [5, 5.41) is 19.1. The van der Waals surface area contributed by atoms with Crippen molar-refractivity contribution < 1.29 is 23.8 Å². The van der Waals surface area contributed by atoms with E-state index in [0.29, 0.717) is 58.7 Å². The van der Waals surface area contributed by atoms with E-state index in [1.807, 2.05) is 26.0 Å². The molecule has 2 amide bonds. The Morgan fingerprint density at radius 3 is 2.42 bits per heavy atom. The molecule has 5 rings (SSSR count). The fourth-order valence-corrected chi connectivity index (χ4v) is 6.90. The zero-order chi connectivity index (χ0) is 32.2. The third-order valence-corrected chi connectivity index (χ3v) is 9.85. The zero-order valence-corrected chi connectivity index (χ0v) is 27.4. The molecule has 2 aromatic carbocycles. The summed E-state index contributed by atoms with van der Waals surface area (Å²) in [5.74, 6) is 1.26. The first-order valence-electron chi connectivity index (χ1n) is 15.4. The number of ether oxygens (including phenoxy) is 3. The molecular weight excluding hydrogens is 594 g/mol. The van der Waals surface area contributed by atoms with Crippen molar-refractivity contribution in [3.63, 3.8) is 0 Å². The number of methoxy groups -OCH3 is 3. The summed E-state index contributed by atoms with van der Waals surface area (Å²) in [4.78, 5) is 39.7. The number of nitrogens with zero attached hydrogens (tertiary/aromatic N) is 2. The summed E-state index contributed by atoms with van der Waals surface area (Å²) in [6, 6.07) is 5.85. The van der Waals surface area contributed by atoms with Crippen LogP contribution in [0.1, 0.15) is 81.0 Å². The first kappa shape index (κ1) is 32.2. The Kier molecular flexibility index (Phi) is 9.91. The maximum absolute atomic E-state index is 13.9. The molecule has 12 heteroatoms. The number of nitrogens with one attached hydrogen (secondary N) is 3. The van der Waals surface area contributed by atoms with Gasteiger partial charge in [-0.2, -0.15) is 0 Å². The Hall–Kier alpha value is -4.19. The number of aromatic nitrogens is 2. The minimum absolute atomic E-state index is 0.101. The second kappa shape index (κ2) is 13.8. The second-order valence-electron chi connectivity index (χ2n) is 11.7. The molecule has 0 radical (unpaired) electrons. The van der Waals surface area contributed by atoms with E-state index in [4.69, 9.17) is 14.2 Å². The van der Waals surface area contributed by atoms with E-state index in [-0.39, 0.29) is 28.8 Å². The Balaban J connectivity index is 1.56. The van der Waals surface area contributed by atoms with Gasteiger partial charge in [-0.3, -0.25) is 19.7 Å². The van der Waals surface area contributed by atoms with Gasteiger partial charge < -0.3 is 24.8 Å².